The summed E-state index contributed by atoms with van der Waals surface area (Å²) in [5.74, 6) is -0.652. The predicted octanol–water partition coefficient (Wildman–Crippen LogP) is 2.47. The summed E-state index contributed by atoms with van der Waals surface area (Å²) in [6.07, 6.45) is 0.708. The smallest absolute Gasteiger partial charge is 0.326 e. The Morgan fingerprint density at radius 1 is 1.20 bits per heavy atom. The number of carboxylic acid groups (broad SMARTS) is 1. The first-order chi connectivity index (χ1) is 9.05. The maximum Gasteiger partial charge on any atom is 0.326 e. The van der Waals surface area contributed by atoms with E-state index in [0.717, 1.165) is 0 Å². The van der Waals surface area contributed by atoms with E-state index in [-0.39, 0.29) is 16.7 Å². The molecule has 0 aliphatic heterocycles. The van der Waals surface area contributed by atoms with Crippen molar-refractivity contribution in [3.05, 3.63) is 0 Å². The Bertz CT molecular complexity index is 377. The molecule has 0 aromatic heterocycles. The number of nitrogens with one attached hydrogen (secondary N) is 2. The molecule has 2 atom stereocenters. The molecule has 1 rings (SSSR count). The van der Waals surface area contributed by atoms with Gasteiger partial charge in [-0.15, -0.1) is 0 Å². The number of carbonyl (C=O) groups is 2. The van der Waals surface area contributed by atoms with Crippen LogP contribution in [0.15, 0.2) is 0 Å². The van der Waals surface area contributed by atoms with Gasteiger partial charge in [-0.2, -0.15) is 0 Å². The molecule has 3 N–H and O–H groups in total. The van der Waals surface area contributed by atoms with Crippen molar-refractivity contribution in [2.75, 3.05) is 6.54 Å². The Balaban J connectivity index is 2.46. The molecule has 0 radical (unpaired) electrons. The van der Waals surface area contributed by atoms with Gasteiger partial charge in [0.05, 0.1) is 0 Å². The summed E-state index contributed by atoms with van der Waals surface area (Å²) in [6.45, 7) is 13.1. The van der Waals surface area contributed by atoms with E-state index in [4.69, 9.17) is 5.11 Å². The lowest BCUT2D eigenvalue weighted by Crippen LogP contribution is -2.49. The summed E-state index contributed by atoms with van der Waals surface area (Å²) in [6, 6.07) is -1.23. The van der Waals surface area contributed by atoms with Crippen LogP contribution in [0.4, 0.5) is 4.79 Å². The summed E-state index contributed by atoms with van der Waals surface area (Å²) in [5.41, 5.74) is 0.423. The van der Waals surface area contributed by atoms with Crippen LogP contribution < -0.4 is 10.6 Å². The lowest BCUT2D eigenvalue weighted by molar-refractivity contribution is -0.140. The Morgan fingerprint density at radius 2 is 1.70 bits per heavy atom. The van der Waals surface area contributed by atoms with Crippen molar-refractivity contribution in [1.29, 1.82) is 0 Å². The molecule has 1 aliphatic rings. The first-order valence-electron chi connectivity index (χ1n) is 7.32. The van der Waals surface area contributed by atoms with E-state index in [2.05, 4.69) is 38.3 Å². The van der Waals surface area contributed by atoms with Crippen LogP contribution >= 0.6 is 0 Å². The summed E-state index contributed by atoms with van der Waals surface area (Å²) in [5, 5.41) is 14.5. The van der Waals surface area contributed by atoms with E-state index in [9.17, 15) is 9.59 Å². The molecular weight excluding hydrogens is 256 g/mol. The molecule has 0 aromatic rings. The standard InChI is InChI=1S/C15H28N2O3/c1-7-9(2)11(12(18)19)17-13(20)16-8-10-14(3,4)15(10,5)6/h9-11H,7-8H2,1-6H3,(H,18,19)(H2,16,17,20). The Labute approximate surface area is 121 Å². The number of urea groups is 1. The van der Waals surface area contributed by atoms with Crippen molar-refractivity contribution in [3.63, 3.8) is 0 Å². The summed E-state index contributed by atoms with van der Waals surface area (Å²) >= 11 is 0. The van der Waals surface area contributed by atoms with E-state index in [1.165, 1.54) is 0 Å². The lowest BCUT2D eigenvalue weighted by Gasteiger charge is -2.20. The normalized spacial score (nSPS) is 22.7. The minimum Gasteiger partial charge on any atom is -0.480 e. The molecule has 1 aliphatic carbocycles. The van der Waals surface area contributed by atoms with Gasteiger partial charge in [0.1, 0.15) is 6.04 Å². The van der Waals surface area contributed by atoms with Crippen LogP contribution in [0.1, 0.15) is 48.0 Å². The van der Waals surface area contributed by atoms with Gasteiger partial charge in [-0.25, -0.2) is 9.59 Å². The van der Waals surface area contributed by atoms with Gasteiger partial charge in [0.15, 0.2) is 0 Å². The monoisotopic (exact) mass is 284 g/mol. The third-order valence-corrected chi connectivity index (χ3v) is 5.55. The maximum atomic E-state index is 11.8. The number of hydrogen-bond donors (Lipinski definition) is 3. The number of hydrogen-bond acceptors (Lipinski definition) is 2. The molecule has 5 nitrogen and oxygen atoms in total. The summed E-state index contributed by atoms with van der Waals surface area (Å²) in [4.78, 5) is 23.0. The third-order valence-electron chi connectivity index (χ3n) is 5.55. The van der Waals surface area contributed by atoms with Gasteiger partial charge in [0, 0.05) is 6.54 Å². The highest BCUT2D eigenvalue weighted by Crippen LogP contribution is 2.67. The van der Waals surface area contributed by atoms with Crippen LogP contribution in [0.25, 0.3) is 0 Å². The molecule has 0 bridgehead atoms. The fraction of sp³-hybridized carbons (Fsp3) is 0.867. The minimum absolute atomic E-state index is 0.0907. The largest absolute Gasteiger partial charge is 0.480 e. The van der Waals surface area contributed by atoms with Gasteiger partial charge in [0.2, 0.25) is 0 Å². The maximum absolute atomic E-state index is 11.8. The zero-order chi connectivity index (χ0) is 15.7. The van der Waals surface area contributed by atoms with Crippen LogP contribution in [-0.2, 0) is 4.79 Å². The highest BCUT2D eigenvalue weighted by Gasteiger charge is 2.64. The zero-order valence-electron chi connectivity index (χ0n) is 13.4. The van der Waals surface area contributed by atoms with Crippen molar-refractivity contribution < 1.29 is 14.7 Å². The quantitative estimate of drug-likeness (QED) is 0.701. The molecule has 0 spiro atoms. The SMILES string of the molecule is CCC(C)C(NC(=O)NCC1C(C)(C)C1(C)C)C(=O)O. The van der Waals surface area contributed by atoms with Crippen LogP contribution in [0, 0.1) is 22.7 Å². The first kappa shape index (κ1) is 16.8. The molecule has 5 heteroatoms. The molecule has 1 saturated carbocycles. The van der Waals surface area contributed by atoms with Gasteiger partial charge in [0.25, 0.3) is 0 Å². The second-order valence-electron chi connectivity index (χ2n) is 7.05. The van der Waals surface area contributed by atoms with Crippen molar-refractivity contribution in [3.8, 4) is 0 Å². The Hall–Kier alpha value is -1.26. The fourth-order valence-corrected chi connectivity index (χ4v) is 2.91. The van der Waals surface area contributed by atoms with E-state index >= 15 is 0 Å². The van der Waals surface area contributed by atoms with Crippen LogP contribution in [0.3, 0.4) is 0 Å². The molecule has 1 fully saturated rings. The molecule has 0 saturated heterocycles. The number of carbonyl (C=O) groups excluding carboxylic acids is 1. The van der Waals surface area contributed by atoms with Crippen molar-refractivity contribution in [2.24, 2.45) is 22.7 Å². The zero-order valence-corrected chi connectivity index (χ0v) is 13.4. The van der Waals surface area contributed by atoms with Crippen molar-refractivity contribution in [2.45, 2.75) is 54.0 Å². The number of carboxylic acids is 1. The van der Waals surface area contributed by atoms with Gasteiger partial charge in [-0.1, -0.05) is 48.0 Å². The summed E-state index contributed by atoms with van der Waals surface area (Å²) < 4.78 is 0. The Morgan fingerprint density at radius 3 is 2.05 bits per heavy atom. The van der Waals surface area contributed by atoms with Crippen LogP contribution in [0.5, 0.6) is 0 Å². The molecule has 116 valence electrons. The van der Waals surface area contributed by atoms with Crippen LogP contribution in [-0.4, -0.2) is 29.7 Å². The number of amides is 2. The second-order valence-corrected chi connectivity index (χ2v) is 7.05. The number of aliphatic carboxylic acids is 1. The van der Waals surface area contributed by atoms with Gasteiger partial charge in [-0.3, -0.25) is 0 Å². The second kappa shape index (κ2) is 5.62. The third kappa shape index (κ3) is 3.07. The molecular formula is C15H28N2O3. The predicted molar refractivity (Wildman–Crippen MR) is 78.5 cm³/mol. The number of rotatable bonds is 6. The topological polar surface area (TPSA) is 78.4 Å². The molecule has 2 amide bonds. The van der Waals surface area contributed by atoms with E-state index in [1.54, 1.807) is 0 Å². The highest BCUT2D eigenvalue weighted by atomic mass is 16.4. The van der Waals surface area contributed by atoms with Gasteiger partial charge < -0.3 is 15.7 Å². The van der Waals surface area contributed by atoms with Crippen molar-refractivity contribution in [1.82, 2.24) is 10.6 Å². The molecule has 0 aromatic carbocycles. The average Bonchev–Trinajstić information content (AvgIpc) is 2.72. The minimum atomic E-state index is -0.985. The average molecular weight is 284 g/mol. The Kier molecular flexibility index (Phi) is 4.72. The van der Waals surface area contributed by atoms with E-state index < -0.39 is 18.0 Å². The van der Waals surface area contributed by atoms with Gasteiger partial charge in [-0.05, 0) is 22.7 Å². The summed E-state index contributed by atoms with van der Waals surface area (Å²) in [7, 11) is 0. The molecule has 20 heavy (non-hydrogen) atoms. The first-order valence-corrected chi connectivity index (χ1v) is 7.32. The molecule has 2 unspecified atom stereocenters. The van der Waals surface area contributed by atoms with Gasteiger partial charge >= 0.3 is 12.0 Å². The van der Waals surface area contributed by atoms with E-state index in [1.807, 2.05) is 13.8 Å². The van der Waals surface area contributed by atoms with Crippen molar-refractivity contribution >= 4 is 12.0 Å². The van der Waals surface area contributed by atoms with Crippen LogP contribution in [0.2, 0.25) is 0 Å². The fourth-order valence-electron chi connectivity index (χ4n) is 2.91. The molecule has 0 heterocycles. The highest BCUT2D eigenvalue weighted by molar-refractivity contribution is 5.82. The van der Waals surface area contributed by atoms with E-state index in [0.29, 0.717) is 18.9 Å². The lowest BCUT2D eigenvalue weighted by atomic mass is 9.99.